The fourth-order valence-electron chi connectivity index (χ4n) is 2.51. The maximum Gasteiger partial charge on any atom is 0.409 e. The van der Waals surface area contributed by atoms with Crippen molar-refractivity contribution >= 4 is 28.2 Å². The average molecular weight is 400 g/mol. The summed E-state index contributed by atoms with van der Waals surface area (Å²) < 4.78 is 10.4. The predicted molar refractivity (Wildman–Crippen MR) is 109 cm³/mol. The van der Waals surface area contributed by atoms with Crippen LogP contribution in [-0.2, 0) is 6.42 Å². The van der Waals surface area contributed by atoms with Crippen molar-refractivity contribution in [3.05, 3.63) is 48.0 Å². The van der Waals surface area contributed by atoms with Crippen LogP contribution in [-0.4, -0.2) is 41.9 Å². The van der Waals surface area contributed by atoms with Crippen molar-refractivity contribution in [2.75, 3.05) is 31.4 Å². The highest BCUT2D eigenvalue weighted by Gasteiger charge is 2.10. The lowest BCUT2D eigenvalue weighted by Gasteiger charge is -2.09. The topological polar surface area (TPSA) is 106 Å². The van der Waals surface area contributed by atoms with Gasteiger partial charge in [-0.3, -0.25) is 5.32 Å². The van der Waals surface area contributed by atoms with E-state index in [1.54, 1.807) is 19.2 Å². The van der Waals surface area contributed by atoms with Gasteiger partial charge in [-0.2, -0.15) is 9.97 Å². The molecule has 0 saturated carbocycles. The van der Waals surface area contributed by atoms with E-state index in [2.05, 4.69) is 20.6 Å². The van der Waals surface area contributed by atoms with Crippen molar-refractivity contribution in [2.24, 2.45) is 0 Å². The quantitative estimate of drug-likeness (QED) is 0.525. The Labute approximate surface area is 166 Å². The normalized spacial score (nSPS) is 10.4. The van der Waals surface area contributed by atoms with Crippen molar-refractivity contribution in [3.8, 4) is 22.3 Å². The summed E-state index contributed by atoms with van der Waals surface area (Å²) in [5, 5.41) is 15.0. The zero-order chi connectivity index (χ0) is 19.9. The summed E-state index contributed by atoms with van der Waals surface area (Å²) in [6, 6.07) is 13.5. The molecule has 2 heterocycles. The first kappa shape index (κ1) is 19.4. The van der Waals surface area contributed by atoms with Crippen LogP contribution in [0.4, 0.5) is 15.6 Å². The molecule has 0 aliphatic rings. The Morgan fingerprint density at radius 3 is 2.57 bits per heavy atom. The Hall–Kier alpha value is -3.33. The number of thiophene rings is 1. The second-order valence-electron chi connectivity index (χ2n) is 5.74. The predicted octanol–water partition coefficient (Wildman–Crippen LogP) is 3.97. The van der Waals surface area contributed by atoms with Crippen molar-refractivity contribution in [2.45, 2.75) is 6.42 Å². The van der Waals surface area contributed by atoms with Crippen LogP contribution in [0.25, 0.3) is 10.6 Å². The Kier molecular flexibility index (Phi) is 6.28. The zero-order valence-electron chi connectivity index (χ0n) is 15.4. The molecule has 146 valence electrons. The van der Waals surface area contributed by atoms with Crippen LogP contribution in [0, 0.1) is 0 Å². The smallest absolute Gasteiger partial charge is 0.409 e. The summed E-state index contributed by atoms with van der Waals surface area (Å²) in [4.78, 5) is 20.3. The number of methoxy groups -OCH3 is 2. The number of nitrogens with zero attached hydrogens (tertiary/aromatic N) is 2. The maximum atomic E-state index is 10.8. The lowest BCUT2D eigenvalue weighted by Crippen LogP contribution is -2.07. The first-order valence-corrected chi connectivity index (χ1v) is 9.29. The third-order valence-corrected chi connectivity index (χ3v) is 4.88. The van der Waals surface area contributed by atoms with Crippen LogP contribution in [0.15, 0.2) is 42.5 Å². The summed E-state index contributed by atoms with van der Waals surface area (Å²) in [6.45, 7) is 0.683. The summed E-state index contributed by atoms with van der Waals surface area (Å²) in [5.41, 5.74) is 1.83. The number of carbonyl (C=O) groups is 1. The van der Waals surface area contributed by atoms with Gasteiger partial charge in [0.2, 0.25) is 0 Å². The minimum atomic E-state index is -1.10. The van der Waals surface area contributed by atoms with Crippen LogP contribution in [0.1, 0.15) is 5.56 Å². The molecule has 3 rings (SSSR count). The molecule has 0 radical (unpaired) electrons. The number of amides is 1. The molecule has 28 heavy (non-hydrogen) atoms. The highest BCUT2D eigenvalue weighted by atomic mass is 32.1. The largest absolute Gasteiger partial charge is 0.497 e. The number of benzene rings is 1. The molecular formula is C19H20N4O4S. The van der Waals surface area contributed by atoms with E-state index >= 15 is 0 Å². The lowest BCUT2D eigenvalue weighted by atomic mass is 10.1. The fourth-order valence-corrected chi connectivity index (χ4v) is 3.37. The van der Waals surface area contributed by atoms with Gasteiger partial charge in [0, 0.05) is 12.6 Å². The van der Waals surface area contributed by atoms with Gasteiger partial charge in [0.1, 0.15) is 11.6 Å². The molecule has 1 aromatic carbocycles. The number of nitrogens with one attached hydrogen (secondary N) is 2. The van der Waals surface area contributed by atoms with Gasteiger partial charge in [-0.15, -0.1) is 11.3 Å². The monoisotopic (exact) mass is 400 g/mol. The van der Waals surface area contributed by atoms with E-state index in [4.69, 9.17) is 14.6 Å². The highest BCUT2D eigenvalue weighted by Crippen LogP contribution is 2.32. The van der Waals surface area contributed by atoms with Crippen LogP contribution in [0.5, 0.6) is 11.8 Å². The molecular weight excluding hydrogens is 380 g/mol. The fraction of sp³-hybridized carbons (Fsp3) is 0.211. The van der Waals surface area contributed by atoms with E-state index in [0.717, 1.165) is 17.0 Å². The standard InChI is InChI=1S/C19H20N4O4S/c1-26-13-5-3-12(4-6-13)9-10-20-16-11-14(21-18(22-16)27-2)15-7-8-17(28-15)23-19(24)25/h3-8,11,23H,9-10H2,1-2H3,(H,24,25)(H,20,21,22). The zero-order valence-corrected chi connectivity index (χ0v) is 16.2. The minimum Gasteiger partial charge on any atom is -0.497 e. The SMILES string of the molecule is COc1ccc(CCNc2cc(-c3ccc(NC(=O)O)s3)nc(OC)n2)cc1. The van der Waals surface area contributed by atoms with Crippen molar-refractivity contribution in [1.82, 2.24) is 9.97 Å². The molecule has 0 aliphatic heterocycles. The Morgan fingerprint density at radius 2 is 1.89 bits per heavy atom. The molecule has 3 N–H and O–H groups in total. The van der Waals surface area contributed by atoms with Gasteiger partial charge >= 0.3 is 12.1 Å². The molecule has 9 heteroatoms. The number of aromatic nitrogens is 2. The third kappa shape index (κ3) is 5.10. The van der Waals surface area contributed by atoms with Crippen molar-refractivity contribution in [1.29, 1.82) is 0 Å². The molecule has 0 atom stereocenters. The third-order valence-electron chi connectivity index (χ3n) is 3.86. The maximum absolute atomic E-state index is 10.8. The van der Waals surface area contributed by atoms with Gasteiger partial charge in [-0.1, -0.05) is 12.1 Å². The first-order chi connectivity index (χ1) is 13.6. The van der Waals surface area contributed by atoms with E-state index in [-0.39, 0.29) is 6.01 Å². The Balaban J connectivity index is 1.69. The van der Waals surface area contributed by atoms with Crippen LogP contribution >= 0.6 is 11.3 Å². The summed E-state index contributed by atoms with van der Waals surface area (Å²) in [6.07, 6.45) is -0.285. The first-order valence-electron chi connectivity index (χ1n) is 8.47. The van der Waals surface area contributed by atoms with Gasteiger partial charge in [-0.05, 0) is 36.2 Å². The Bertz CT molecular complexity index is 943. The molecule has 0 aliphatic carbocycles. The van der Waals surface area contributed by atoms with E-state index in [1.165, 1.54) is 24.0 Å². The molecule has 3 aromatic rings. The molecule has 8 nitrogen and oxygen atoms in total. The van der Waals surface area contributed by atoms with Crippen LogP contribution in [0.3, 0.4) is 0 Å². The molecule has 0 fully saturated rings. The van der Waals surface area contributed by atoms with E-state index in [1.807, 2.05) is 30.3 Å². The molecule has 0 bridgehead atoms. The number of rotatable bonds is 8. The van der Waals surface area contributed by atoms with Crippen molar-refractivity contribution < 1.29 is 19.4 Å². The summed E-state index contributed by atoms with van der Waals surface area (Å²) in [5.74, 6) is 1.46. The molecule has 0 unspecified atom stereocenters. The molecule has 0 spiro atoms. The number of ether oxygens (including phenoxy) is 2. The van der Waals surface area contributed by atoms with Gasteiger partial charge in [0.05, 0.1) is 29.8 Å². The molecule has 0 saturated heterocycles. The van der Waals surface area contributed by atoms with E-state index < -0.39 is 6.09 Å². The minimum absolute atomic E-state index is 0.241. The lowest BCUT2D eigenvalue weighted by molar-refractivity contribution is 0.210. The average Bonchev–Trinajstić information content (AvgIpc) is 3.16. The summed E-state index contributed by atoms with van der Waals surface area (Å²) >= 11 is 1.29. The van der Waals surface area contributed by atoms with Gasteiger partial charge in [0.25, 0.3) is 0 Å². The number of hydrogen-bond donors (Lipinski definition) is 3. The number of hydrogen-bond acceptors (Lipinski definition) is 7. The van der Waals surface area contributed by atoms with Gasteiger partial charge in [0.15, 0.2) is 0 Å². The van der Waals surface area contributed by atoms with Crippen LogP contribution < -0.4 is 20.1 Å². The molecule has 1 amide bonds. The van der Waals surface area contributed by atoms with Crippen LogP contribution in [0.2, 0.25) is 0 Å². The Morgan fingerprint density at radius 1 is 1.11 bits per heavy atom. The summed E-state index contributed by atoms with van der Waals surface area (Å²) in [7, 11) is 3.15. The number of carboxylic acid groups (broad SMARTS) is 1. The number of anilines is 2. The van der Waals surface area contributed by atoms with Crippen molar-refractivity contribution in [3.63, 3.8) is 0 Å². The second kappa shape index (κ2) is 9.05. The van der Waals surface area contributed by atoms with E-state index in [9.17, 15) is 4.79 Å². The second-order valence-corrected chi connectivity index (χ2v) is 6.83. The highest BCUT2D eigenvalue weighted by molar-refractivity contribution is 7.19. The molecule has 2 aromatic heterocycles. The van der Waals surface area contributed by atoms with Gasteiger partial charge < -0.3 is 19.9 Å². The van der Waals surface area contributed by atoms with E-state index in [0.29, 0.717) is 23.1 Å². The van der Waals surface area contributed by atoms with Gasteiger partial charge in [-0.25, -0.2) is 4.79 Å².